The van der Waals surface area contributed by atoms with Crippen molar-refractivity contribution in [3.05, 3.63) is 66.3 Å². The van der Waals surface area contributed by atoms with Crippen molar-refractivity contribution in [3.63, 3.8) is 0 Å². The molecule has 17 amide bonds. The molecule has 0 unspecified atom stereocenters. The van der Waals surface area contributed by atoms with Gasteiger partial charge >= 0.3 is 5.97 Å². The van der Waals surface area contributed by atoms with E-state index in [2.05, 4.69) is 125 Å². The predicted molar refractivity (Wildman–Crippen MR) is 450 cm³/mol. The molecule has 28 N–H and O–H groups in total. The van der Waals surface area contributed by atoms with Gasteiger partial charge in [0.1, 0.15) is 84.3 Å². The van der Waals surface area contributed by atoms with Crippen LogP contribution in [0.2, 0.25) is 0 Å². The zero-order valence-corrected chi connectivity index (χ0v) is 71.7. The number of hydrogen-bond acceptors (Lipinski definition) is 27. The molecule has 0 aliphatic rings. The summed E-state index contributed by atoms with van der Waals surface area (Å²) < 4.78 is 0. The fourth-order valence-electron chi connectivity index (χ4n) is 11.9. The number of H-pyrrole nitrogens is 2. The Morgan fingerprint density at radius 2 is 0.877 bits per heavy atom. The summed E-state index contributed by atoms with van der Waals surface area (Å²) in [6.45, 7) is 7.66. The standard InChI is InChI=1S/C75H119N23O21S3/c1-8-39(4)61(97-72(116)54(29-60(105)106)86-41(6)100)74(118)98-62(40(5)99)75(119)96-55(34-120)65(109)83-33-59(104)88-51(26-42-15-17-45(101)18-16-42)70(114)95-56(35-121)73(117)94-53(28-44-31-81-37-85-44)71(115)90-47(14-10-12-23-77)66(110)92-50(25-38(2)3)69(113)93-52(27-43-30-80-36-84-43)64(108)82-32-58(103)87-48(19-20-57(78)102)67(111)91-49(21-24-122-7)68(112)89-46(63(79)107)13-9-11-22-76/h15-18,30-31,36-40,46-56,61-62,99,101,120-121H,8-14,19-29,32-35,76-77H2,1-7H3,(H2,78,102)(H2,79,107)(H,80,84)(H,81,85)(H,82,108)(H,83,109)(H,86,100)(H,87,103)(H,88,104)(H,89,112)(H,90,115)(H,91,111)(H,92,110)(H,93,113)(H,94,117)(H,95,114)(H,96,119)(H,97,116)(H,98,118)(H,105,106)/t39-,40+,46-,47-,48-,49-,50-,51-,52-,53-,54-,55-,56-,61-,62-/m0/s1. The van der Waals surface area contributed by atoms with Crippen molar-refractivity contribution < 1.29 is 102 Å². The van der Waals surface area contributed by atoms with Gasteiger partial charge < -0.3 is 128 Å². The molecule has 2 aromatic heterocycles. The van der Waals surface area contributed by atoms with E-state index >= 15 is 0 Å². The number of primary amides is 2. The molecule has 0 bridgehead atoms. The van der Waals surface area contributed by atoms with Crippen LogP contribution in [0, 0.1) is 11.8 Å². The van der Waals surface area contributed by atoms with Crippen LogP contribution in [0.15, 0.2) is 49.3 Å². The van der Waals surface area contributed by atoms with Crippen LogP contribution in [0.3, 0.4) is 0 Å². The number of nitrogens with one attached hydrogen (secondary N) is 17. The predicted octanol–water partition coefficient (Wildman–Crippen LogP) is -7.01. The normalized spacial score (nSPS) is 14.8. The molecule has 15 atom stereocenters. The summed E-state index contributed by atoms with van der Waals surface area (Å²) >= 11 is 9.85. The lowest BCUT2D eigenvalue weighted by Crippen LogP contribution is -2.62. The van der Waals surface area contributed by atoms with E-state index in [1.165, 1.54) is 61.1 Å². The molecule has 0 spiro atoms. The number of phenolic OH excluding ortho intramolecular Hbond substituents is 1. The van der Waals surface area contributed by atoms with E-state index in [1.54, 1.807) is 34.0 Å². The number of carbonyl (C=O) groups is 18. The number of hydrogen-bond donors (Lipinski definition) is 26. The number of nitrogens with zero attached hydrogens (tertiary/aromatic N) is 2. The number of aromatic hydroxyl groups is 1. The van der Waals surface area contributed by atoms with Gasteiger partial charge in [-0.25, -0.2) is 9.97 Å². The monoisotopic (exact) mass is 1770 g/mol. The van der Waals surface area contributed by atoms with Gasteiger partial charge in [-0.1, -0.05) is 46.2 Å². The van der Waals surface area contributed by atoms with E-state index in [0.717, 1.165) is 13.8 Å². The average Bonchev–Trinajstić information content (AvgIpc) is 0.974. The number of nitrogens with two attached hydrogens (primary N) is 4. The Balaban J connectivity index is 1.87. The minimum absolute atomic E-state index is 0.0595. The molecule has 3 rings (SSSR count). The maximum absolute atomic E-state index is 14.7. The summed E-state index contributed by atoms with van der Waals surface area (Å²) in [7, 11) is 0. The number of phenols is 1. The first kappa shape index (κ1) is 105. The van der Waals surface area contributed by atoms with Crippen LogP contribution in [0.25, 0.3) is 0 Å². The van der Waals surface area contributed by atoms with Gasteiger partial charge in [-0.15, -0.1) is 0 Å². The highest BCUT2D eigenvalue weighted by Crippen LogP contribution is 2.16. The maximum atomic E-state index is 14.7. The molecule has 2 heterocycles. The van der Waals surface area contributed by atoms with Gasteiger partial charge in [0.15, 0.2) is 0 Å². The minimum atomic E-state index is -1.80. The van der Waals surface area contributed by atoms with Crippen LogP contribution in [0.1, 0.15) is 136 Å². The first-order valence-electron chi connectivity index (χ1n) is 39.5. The molecular weight excluding hydrogens is 1660 g/mol. The van der Waals surface area contributed by atoms with Crippen LogP contribution in [-0.2, 0) is 106 Å². The van der Waals surface area contributed by atoms with Crippen molar-refractivity contribution in [2.45, 2.75) is 223 Å². The zero-order chi connectivity index (χ0) is 91.3. The summed E-state index contributed by atoms with van der Waals surface area (Å²) in [5.41, 5.74) is 23.3. The number of aliphatic hydroxyl groups excluding tert-OH is 1. The maximum Gasteiger partial charge on any atom is 0.305 e. The molecule has 3 aromatic rings. The quantitative estimate of drug-likeness (QED) is 0.0184. The van der Waals surface area contributed by atoms with Gasteiger partial charge in [-0.05, 0) is 119 Å². The van der Waals surface area contributed by atoms with E-state index in [0.29, 0.717) is 37.1 Å². The van der Waals surface area contributed by atoms with Gasteiger partial charge in [-0.3, -0.25) is 86.3 Å². The smallest absolute Gasteiger partial charge is 0.305 e. The lowest BCUT2D eigenvalue weighted by molar-refractivity contribution is -0.141. The number of aliphatic carboxylic acids is 1. The number of carbonyl (C=O) groups excluding carboxylic acids is 17. The number of imidazole rings is 2. The summed E-state index contributed by atoms with van der Waals surface area (Å²) in [5.74, 6) is -19.1. The molecule has 0 saturated carbocycles. The van der Waals surface area contributed by atoms with Crippen LogP contribution < -0.4 is 103 Å². The van der Waals surface area contributed by atoms with E-state index in [1.807, 2.05) is 0 Å². The second kappa shape index (κ2) is 55.7. The fraction of sp³-hybridized carbons (Fsp3) is 0.600. The number of thioether (sulfide) groups is 1. The minimum Gasteiger partial charge on any atom is -0.508 e. The third-order valence-corrected chi connectivity index (χ3v) is 20.1. The number of carboxylic acids is 1. The molecule has 1 aromatic carbocycles. The number of thiol groups is 2. The Bertz CT molecular complexity index is 3950. The van der Waals surface area contributed by atoms with E-state index in [-0.39, 0.29) is 93.8 Å². The highest BCUT2D eigenvalue weighted by molar-refractivity contribution is 7.98. The number of aliphatic hydroxyl groups is 1. The molecule has 0 fully saturated rings. The van der Waals surface area contributed by atoms with Crippen LogP contribution in [0.4, 0.5) is 0 Å². The topological polar surface area (TPSA) is 710 Å². The molecule has 47 heteroatoms. The summed E-state index contributed by atoms with van der Waals surface area (Å²) in [5, 5.41) is 67.3. The number of rotatable bonds is 59. The lowest BCUT2D eigenvalue weighted by Gasteiger charge is -2.29. The largest absolute Gasteiger partial charge is 0.508 e. The van der Waals surface area contributed by atoms with Gasteiger partial charge in [0, 0.05) is 56.5 Å². The third-order valence-electron chi connectivity index (χ3n) is 18.7. The summed E-state index contributed by atoms with van der Waals surface area (Å²) in [6, 6.07) is -14.0. The Hall–Kier alpha value is -11.2. The number of unbranched alkanes of at least 4 members (excludes halogenated alkanes) is 2. The van der Waals surface area contributed by atoms with Gasteiger partial charge in [0.05, 0.1) is 49.7 Å². The highest BCUT2D eigenvalue weighted by Gasteiger charge is 2.39. The van der Waals surface area contributed by atoms with E-state index < -0.39 is 234 Å². The molecule has 122 heavy (non-hydrogen) atoms. The van der Waals surface area contributed by atoms with Crippen molar-refractivity contribution in [3.8, 4) is 5.75 Å². The molecule has 0 aliphatic heterocycles. The second-order valence-corrected chi connectivity index (χ2v) is 31.0. The van der Waals surface area contributed by atoms with Crippen molar-refractivity contribution in [1.29, 1.82) is 0 Å². The molecular formula is C75H119N23O21S3. The van der Waals surface area contributed by atoms with Crippen LogP contribution >= 0.6 is 37.0 Å². The van der Waals surface area contributed by atoms with Crippen molar-refractivity contribution >= 4 is 143 Å². The Labute approximate surface area is 720 Å². The van der Waals surface area contributed by atoms with E-state index in [4.69, 9.17) is 22.9 Å². The number of amides is 17. The highest BCUT2D eigenvalue weighted by atomic mass is 32.2. The van der Waals surface area contributed by atoms with Crippen molar-refractivity contribution in [1.82, 2.24) is 99.7 Å². The van der Waals surface area contributed by atoms with Crippen LogP contribution in [-0.4, -0.2) is 276 Å². The fourth-order valence-corrected chi connectivity index (χ4v) is 12.9. The average molecular weight is 1780 g/mol. The summed E-state index contributed by atoms with van der Waals surface area (Å²) in [6.07, 6.45) is 4.93. The lowest BCUT2D eigenvalue weighted by atomic mass is 9.97. The molecule has 0 saturated heterocycles. The van der Waals surface area contributed by atoms with Crippen molar-refractivity contribution in [2.75, 3.05) is 49.7 Å². The van der Waals surface area contributed by atoms with Gasteiger partial charge in [0.2, 0.25) is 100 Å². The van der Waals surface area contributed by atoms with Gasteiger partial charge in [-0.2, -0.15) is 37.0 Å². The molecule has 0 aliphatic carbocycles. The van der Waals surface area contributed by atoms with Crippen molar-refractivity contribution in [2.24, 2.45) is 34.8 Å². The number of carboxylic acid groups (broad SMARTS) is 1. The number of benzene rings is 1. The van der Waals surface area contributed by atoms with E-state index in [9.17, 15) is 102 Å². The Morgan fingerprint density at radius 3 is 1.34 bits per heavy atom. The Kier molecular flexibility index (Phi) is 47.9. The second-order valence-electron chi connectivity index (χ2n) is 29.3. The summed E-state index contributed by atoms with van der Waals surface area (Å²) in [4.78, 5) is 258. The SMILES string of the molecule is CC[C@H](C)[C@H](NC(=O)[C@H](CC(=O)O)NC(C)=O)C(=O)N[C@H](C(=O)N[C@@H](CS)C(=O)NCC(=O)N[C@@H](Cc1ccc(O)cc1)C(=O)N[C@@H](CS)C(=O)N[C@@H](Cc1c[nH]cn1)C(=O)N[C@@H](CCCCN)C(=O)N[C@@H](CC(C)C)C(=O)N[C@@H](Cc1c[nH]cn1)C(=O)NCC(=O)N[C@@H](CCC(N)=O)C(=O)N[C@@H](CCSC)C(=O)N[C@@H](CCCCN)C(N)=O)[C@@H](C)O. The molecule has 44 nitrogen and oxygen atoms in total. The van der Waals surface area contributed by atoms with Crippen LogP contribution in [0.5, 0.6) is 5.75 Å². The first-order chi connectivity index (χ1) is 57.8. The first-order valence-corrected chi connectivity index (χ1v) is 42.2. The Morgan fingerprint density at radius 1 is 0.475 bits per heavy atom. The third kappa shape index (κ3) is 39.1. The number of aromatic nitrogens is 4. The zero-order valence-electron chi connectivity index (χ0n) is 69.1. The number of aromatic amines is 2. The molecule has 0 radical (unpaired) electrons. The molecule has 678 valence electrons. The van der Waals surface area contributed by atoms with Gasteiger partial charge in [0.25, 0.3) is 0 Å².